The Balaban J connectivity index is 1.62. The lowest BCUT2D eigenvalue weighted by molar-refractivity contribution is -0.116. The molecule has 1 heterocycles. The third kappa shape index (κ3) is 5.03. The van der Waals surface area contributed by atoms with Crippen molar-refractivity contribution in [3.05, 3.63) is 115 Å². The fraction of sp³-hybridized carbons (Fsp3) is 0.250. The first-order chi connectivity index (χ1) is 18.7. The molecule has 0 saturated heterocycles. The zero-order valence-electron chi connectivity index (χ0n) is 22.1. The maximum absolute atomic E-state index is 13.6. The number of anilines is 1. The molecule has 3 aromatic carbocycles. The maximum atomic E-state index is 13.6. The van der Waals surface area contributed by atoms with Crippen LogP contribution in [0.25, 0.3) is 0 Å². The highest BCUT2D eigenvalue weighted by Crippen LogP contribution is 2.47. The first-order valence-corrected chi connectivity index (χ1v) is 13.7. The lowest BCUT2D eigenvalue weighted by Crippen LogP contribution is -2.39. The molecule has 39 heavy (non-hydrogen) atoms. The van der Waals surface area contributed by atoms with E-state index >= 15 is 0 Å². The van der Waals surface area contributed by atoms with E-state index in [0.717, 1.165) is 51.4 Å². The van der Waals surface area contributed by atoms with Crippen LogP contribution in [0, 0.1) is 32.1 Å². The highest BCUT2D eigenvalue weighted by atomic mass is 35.5. The number of aryl methyl sites for hydroxylation is 2. The summed E-state index contributed by atoms with van der Waals surface area (Å²) in [7, 11) is 0. The van der Waals surface area contributed by atoms with Crippen LogP contribution in [0.1, 0.15) is 53.0 Å². The van der Waals surface area contributed by atoms with Crippen molar-refractivity contribution >= 4 is 34.7 Å². The minimum atomic E-state index is -0.544. The van der Waals surface area contributed by atoms with E-state index in [1.54, 1.807) is 12.1 Å². The van der Waals surface area contributed by atoms with Gasteiger partial charge in [0.25, 0.3) is 0 Å². The summed E-state index contributed by atoms with van der Waals surface area (Å²) in [4.78, 5) is 15.4. The van der Waals surface area contributed by atoms with E-state index in [9.17, 15) is 10.1 Å². The Bertz CT molecular complexity index is 1580. The number of halogens is 2. The number of benzene rings is 3. The largest absolute Gasteiger partial charge is 0.489 e. The number of carbonyl (C=O) groups is 1. The molecule has 5 rings (SSSR count). The number of allylic oxidation sites excluding steroid dienone is 3. The average Bonchev–Trinajstić information content (AvgIpc) is 2.90. The van der Waals surface area contributed by atoms with Crippen molar-refractivity contribution in [2.75, 3.05) is 4.90 Å². The standard InChI is InChI=1S/C32H29Cl2N3O2/c1-18-13-21(17-39-29-12-9-23(34)15-19(29)2)20(3)25(14-18)30-26(16-35)32(36)37(24-10-7-22(33)8-11-24)27-5-4-6-28(38)31(27)30/h7-15,30H,4-6,17,36H2,1-3H3. The van der Waals surface area contributed by atoms with Crippen molar-refractivity contribution in [2.24, 2.45) is 5.73 Å². The number of ether oxygens (including phenoxy) is 1. The predicted molar refractivity (Wildman–Crippen MR) is 156 cm³/mol. The van der Waals surface area contributed by atoms with Gasteiger partial charge in [0.05, 0.1) is 17.6 Å². The zero-order valence-corrected chi connectivity index (χ0v) is 23.7. The van der Waals surface area contributed by atoms with Crippen molar-refractivity contribution < 1.29 is 9.53 Å². The van der Waals surface area contributed by atoms with E-state index in [1.807, 2.05) is 56.0 Å². The van der Waals surface area contributed by atoms with Gasteiger partial charge in [-0.15, -0.1) is 0 Å². The summed E-state index contributed by atoms with van der Waals surface area (Å²) in [6.45, 7) is 6.33. The topological polar surface area (TPSA) is 79.3 Å². The van der Waals surface area contributed by atoms with Gasteiger partial charge in [-0.1, -0.05) is 40.9 Å². The number of nitriles is 1. The van der Waals surface area contributed by atoms with Gasteiger partial charge in [0.15, 0.2) is 5.78 Å². The first kappa shape index (κ1) is 26.9. The van der Waals surface area contributed by atoms with Gasteiger partial charge in [-0.25, -0.2) is 0 Å². The number of rotatable bonds is 5. The molecule has 0 saturated carbocycles. The molecule has 2 N–H and O–H groups in total. The lowest BCUT2D eigenvalue weighted by Gasteiger charge is -2.40. The van der Waals surface area contributed by atoms with Crippen LogP contribution in [0.2, 0.25) is 10.0 Å². The van der Waals surface area contributed by atoms with Crippen molar-refractivity contribution in [3.63, 3.8) is 0 Å². The minimum absolute atomic E-state index is 0.0518. The van der Waals surface area contributed by atoms with Gasteiger partial charge in [0.2, 0.25) is 0 Å². The Hall–Kier alpha value is -3.72. The Labute approximate surface area is 239 Å². The first-order valence-electron chi connectivity index (χ1n) is 12.9. The fourth-order valence-electron chi connectivity index (χ4n) is 5.63. The van der Waals surface area contributed by atoms with E-state index in [0.29, 0.717) is 46.5 Å². The van der Waals surface area contributed by atoms with Crippen LogP contribution in [-0.2, 0) is 11.4 Å². The molecule has 0 bridgehead atoms. The Kier molecular flexibility index (Phi) is 7.44. The van der Waals surface area contributed by atoms with E-state index in [4.69, 9.17) is 33.7 Å². The summed E-state index contributed by atoms with van der Waals surface area (Å²) in [6.07, 6.45) is 1.87. The van der Waals surface area contributed by atoms with Crippen molar-refractivity contribution in [3.8, 4) is 11.8 Å². The highest BCUT2D eigenvalue weighted by molar-refractivity contribution is 6.31. The summed E-state index contributed by atoms with van der Waals surface area (Å²) >= 11 is 12.3. The quantitative estimate of drug-likeness (QED) is 0.346. The normalized spacial score (nSPS) is 17.3. The van der Waals surface area contributed by atoms with Gasteiger partial charge in [-0.05, 0) is 98.3 Å². The molecular formula is C32H29Cl2N3O2. The van der Waals surface area contributed by atoms with Gasteiger partial charge in [0.1, 0.15) is 18.2 Å². The van der Waals surface area contributed by atoms with Crippen LogP contribution >= 0.6 is 23.2 Å². The molecule has 1 aliphatic carbocycles. The summed E-state index contributed by atoms with van der Waals surface area (Å²) in [6, 6.07) is 19.3. The molecule has 0 amide bonds. The molecule has 1 aliphatic heterocycles. The van der Waals surface area contributed by atoms with Crippen LogP contribution in [-0.4, -0.2) is 5.78 Å². The summed E-state index contributed by atoms with van der Waals surface area (Å²) < 4.78 is 6.18. The molecule has 1 unspecified atom stereocenters. The molecule has 198 valence electrons. The van der Waals surface area contributed by atoms with Gasteiger partial charge in [-0.3, -0.25) is 9.69 Å². The average molecular weight is 559 g/mol. The molecule has 0 fully saturated rings. The second-order valence-electron chi connectivity index (χ2n) is 10.1. The van der Waals surface area contributed by atoms with Crippen LogP contribution in [0.3, 0.4) is 0 Å². The smallest absolute Gasteiger partial charge is 0.161 e. The van der Waals surface area contributed by atoms with Crippen LogP contribution in [0.5, 0.6) is 5.75 Å². The second kappa shape index (κ2) is 10.8. The molecule has 0 radical (unpaired) electrons. The van der Waals surface area contributed by atoms with Gasteiger partial charge < -0.3 is 10.5 Å². The number of ketones is 1. The Morgan fingerprint density at radius 3 is 2.44 bits per heavy atom. The molecule has 2 aliphatic rings. The summed E-state index contributed by atoms with van der Waals surface area (Å²) in [5.41, 5.74) is 14.2. The van der Waals surface area contributed by atoms with Crippen molar-refractivity contribution in [1.29, 1.82) is 5.26 Å². The molecule has 0 aromatic heterocycles. The molecule has 7 heteroatoms. The number of hydrogen-bond acceptors (Lipinski definition) is 5. The Morgan fingerprint density at radius 1 is 1.03 bits per heavy atom. The second-order valence-corrected chi connectivity index (χ2v) is 11.0. The molecular weight excluding hydrogens is 529 g/mol. The lowest BCUT2D eigenvalue weighted by atomic mass is 9.73. The van der Waals surface area contributed by atoms with E-state index < -0.39 is 5.92 Å². The van der Waals surface area contributed by atoms with E-state index in [2.05, 4.69) is 18.2 Å². The third-order valence-electron chi connectivity index (χ3n) is 7.53. The Morgan fingerprint density at radius 2 is 1.74 bits per heavy atom. The summed E-state index contributed by atoms with van der Waals surface area (Å²) in [5.74, 6) is 0.606. The van der Waals surface area contributed by atoms with Gasteiger partial charge >= 0.3 is 0 Å². The molecule has 0 spiro atoms. The molecule has 5 nitrogen and oxygen atoms in total. The maximum Gasteiger partial charge on any atom is 0.161 e. The number of nitrogens with zero attached hydrogens (tertiary/aromatic N) is 2. The number of nitrogens with two attached hydrogens (primary N) is 1. The van der Waals surface area contributed by atoms with Crippen molar-refractivity contribution in [1.82, 2.24) is 0 Å². The van der Waals surface area contributed by atoms with Gasteiger partial charge in [-0.2, -0.15) is 5.26 Å². The zero-order chi connectivity index (χ0) is 27.8. The fourth-order valence-corrected chi connectivity index (χ4v) is 5.98. The van der Waals surface area contributed by atoms with Crippen LogP contribution in [0.4, 0.5) is 5.69 Å². The van der Waals surface area contributed by atoms with Crippen molar-refractivity contribution in [2.45, 2.75) is 52.6 Å². The third-order valence-corrected chi connectivity index (χ3v) is 8.02. The van der Waals surface area contributed by atoms with E-state index in [-0.39, 0.29) is 5.78 Å². The monoisotopic (exact) mass is 557 g/mol. The van der Waals surface area contributed by atoms with Crippen LogP contribution < -0.4 is 15.4 Å². The van der Waals surface area contributed by atoms with E-state index in [1.165, 1.54) is 0 Å². The molecule has 1 atom stereocenters. The van der Waals surface area contributed by atoms with Crippen LogP contribution in [0.15, 0.2) is 77.3 Å². The predicted octanol–water partition coefficient (Wildman–Crippen LogP) is 7.80. The number of carbonyl (C=O) groups excluding carboxylic acids is 1. The summed E-state index contributed by atoms with van der Waals surface area (Å²) in [5, 5.41) is 11.7. The minimum Gasteiger partial charge on any atom is -0.489 e. The SMILES string of the molecule is Cc1cc(COc2ccc(Cl)cc2C)c(C)c(C2C(C#N)=C(N)N(c3ccc(Cl)cc3)C3=C2C(=O)CCC3)c1. The van der Waals surface area contributed by atoms with Gasteiger partial charge in [0, 0.05) is 33.4 Å². The number of Topliss-reactive ketones (excluding diaryl/α,β-unsaturated/α-hetero) is 1. The molecule has 3 aromatic rings. The highest BCUT2D eigenvalue weighted by Gasteiger charge is 2.41. The number of hydrogen-bond donors (Lipinski definition) is 1.